The van der Waals surface area contributed by atoms with Gasteiger partial charge in [0.2, 0.25) is 0 Å². The van der Waals surface area contributed by atoms with Gasteiger partial charge in [0.05, 0.1) is 19.3 Å². The van der Waals surface area contributed by atoms with E-state index in [0.29, 0.717) is 35.2 Å². The third kappa shape index (κ3) is 4.83. The second-order valence-electron chi connectivity index (χ2n) is 7.42. The summed E-state index contributed by atoms with van der Waals surface area (Å²) in [5.41, 5.74) is 3.33. The minimum Gasteiger partial charge on any atom is -0.493 e. The van der Waals surface area contributed by atoms with E-state index in [1.54, 1.807) is 48.4 Å². The van der Waals surface area contributed by atoms with Gasteiger partial charge in [0.1, 0.15) is 5.75 Å². The van der Waals surface area contributed by atoms with E-state index in [1.807, 2.05) is 37.3 Å². The minimum absolute atomic E-state index is 0.0166. The first-order chi connectivity index (χ1) is 15.5. The van der Waals surface area contributed by atoms with Crippen LogP contribution in [0, 0.1) is 6.92 Å². The molecule has 0 saturated carbocycles. The molecule has 3 aromatic rings. The highest BCUT2D eigenvalue weighted by molar-refractivity contribution is 5.99. The molecule has 2 amide bonds. The van der Waals surface area contributed by atoms with E-state index >= 15 is 0 Å². The maximum absolute atomic E-state index is 12.6. The van der Waals surface area contributed by atoms with Gasteiger partial charge in [-0.15, -0.1) is 0 Å². The Bertz CT molecular complexity index is 1130. The van der Waals surface area contributed by atoms with E-state index in [2.05, 4.69) is 5.32 Å². The normalized spacial score (nSPS) is 12.6. The summed E-state index contributed by atoms with van der Waals surface area (Å²) in [6.45, 7) is 2.24. The summed E-state index contributed by atoms with van der Waals surface area (Å²) in [7, 11) is 1.54. The summed E-state index contributed by atoms with van der Waals surface area (Å²) in [5, 5.41) is 2.81. The maximum atomic E-state index is 12.6. The molecule has 4 rings (SSSR count). The number of amides is 2. The molecule has 0 atom stereocenters. The standard InChI is InChI=1S/C25H24N2O5/c1-17-7-9-18(10-8-17)14-27-20-13-19(11-12-21(20)32-16-25(27)29)26-24(28)15-31-23-6-4-3-5-22(23)30-2/h3-13H,14-16H2,1-2H3,(H,26,28). The van der Waals surface area contributed by atoms with Gasteiger partial charge >= 0.3 is 0 Å². The van der Waals surface area contributed by atoms with Gasteiger partial charge in [-0.2, -0.15) is 0 Å². The lowest BCUT2D eigenvalue weighted by Crippen LogP contribution is -2.38. The van der Waals surface area contributed by atoms with Crippen LogP contribution in [0.1, 0.15) is 11.1 Å². The van der Waals surface area contributed by atoms with Crippen LogP contribution in [0.5, 0.6) is 17.2 Å². The molecule has 1 aliphatic heterocycles. The van der Waals surface area contributed by atoms with Crippen molar-refractivity contribution in [3.63, 3.8) is 0 Å². The zero-order valence-electron chi connectivity index (χ0n) is 18.0. The molecule has 7 heteroatoms. The maximum Gasteiger partial charge on any atom is 0.265 e. The molecular weight excluding hydrogens is 408 g/mol. The number of fused-ring (bicyclic) bond motifs is 1. The van der Waals surface area contributed by atoms with Crippen molar-refractivity contribution in [2.24, 2.45) is 0 Å². The SMILES string of the molecule is COc1ccccc1OCC(=O)Nc1ccc2c(c1)N(Cc1ccc(C)cc1)C(=O)CO2. The first-order valence-electron chi connectivity index (χ1n) is 10.2. The van der Waals surface area contributed by atoms with Gasteiger partial charge in [0, 0.05) is 5.69 Å². The third-order valence-corrected chi connectivity index (χ3v) is 5.07. The number of nitrogens with zero attached hydrogens (tertiary/aromatic N) is 1. The number of carbonyl (C=O) groups is 2. The molecule has 0 aromatic heterocycles. The molecule has 3 aromatic carbocycles. The van der Waals surface area contributed by atoms with Crippen LogP contribution in [-0.4, -0.2) is 32.1 Å². The Morgan fingerprint density at radius 3 is 2.56 bits per heavy atom. The fourth-order valence-electron chi connectivity index (χ4n) is 3.41. The van der Waals surface area contributed by atoms with Gasteiger partial charge in [0.15, 0.2) is 24.7 Å². The van der Waals surface area contributed by atoms with Crippen molar-refractivity contribution in [2.75, 3.05) is 30.5 Å². The van der Waals surface area contributed by atoms with Gasteiger partial charge in [-0.25, -0.2) is 0 Å². The first kappa shape index (κ1) is 21.2. The topological polar surface area (TPSA) is 77.1 Å². The average molecular weight is 432 g/mol. The molecule has 164 valence electrons. The van der Waals surface area contributed by atoms with Gasteiger partial charge in [-0.05, 0) is 42.8 Å². The van der Waals surface area contributed by atoms with Crippen molar-refractivity contribution >= 4 is 23.2 Å². The highest BCUT2D eigenvalue weighted by Crippen LogP contribution is 2.35. The molecule has 0 fully saturated rings. The van der Waals surface area contributed by atoms with Crippen LogP contribution in [0.15, 0.2) is 66.7 Å². The van der Waals surface area contributed by atoms with E-state index in [-0.39, 0.29) is 25.0 Å². The number of hydrogen-bond donors (Lipinski definition) is 1. The van der Waals surface area contributed by atoms with Crippen molar-refractivity contribution in [2.45, 2.75) is 13.5 Å². The highest BCUT2D eigenvalue weighted by atomic mass is 16.5. The van der Waals surface area contributed by atoms with Crippen molar-refractivity contribution in [1.29, 1.82) is 0 Å². The van der Waals surface area contributed by atoms with E-state index in [0.717, 1.165) is 11.1 Å². The Morgan fingerprint density at radius 2 is 1.81 bits per heavy atom. The molecule has 0 aliphatic carbocycles. The van der Waals surface area contributed by atoms with Crippen LogP contribution < -0.4 is 24.4 Å². The van der Waals surface area contributed by atoms with Crippen LogP contribution in [0.4, 0.5) is 11.4 Å². The Kier molecular flexibility index (Phi) is 6.26. The smallest absolute Gasteiger partial charge is 0.265 e. The number of anilines is 2. The largest absolute Gasteiger partial charge is 0.493 e. The average Bonchev–Trinajstić information content (AvgIpc) is 2.81. The molecule has 0 spiro atoms. The fraction of sp³-hybridized carbons (Fsp3) is 0.200. The third-order valence-electron chi connectivity index (χ3n) is 5.07. The summed E-state index contributed by atoms with van der Waals surface area (Å²) in [6, 6.07) is 20.4. The number of carbonyl (C=O) groups excluding carboxylic acids is 2. The quantitative estimate of drug-likeness (QED) is 0.612. The molecule has 1 N–H and O–H groups in total. The highest BCUT2D eigenvalue weighted by Gasteiger charge is 2.26. The molecule has 1 heterocycles. The zero-order valence-corrected chi connectivity index (χ0v) is 18.0. The van der Waals surface area contributed by atoms with Crippen LogP contribution in [0.25, 0.3) is 0 Å². The van der Waals surface area contributed by atoms with Gasteiger partial charge in [0.25, 0.3) is 11.8 Å². The summed E-state index contributed by atoms with van der Waals surface area (Å²) in [4.78, 5) is 26.7. The first-order valence-corrected chi connectivity index (χ1v) is 10.2. The molecular formula is C25H24N2O5. The lowest BCUT2D eigenvalue weighted by molar-refractivity contribution is -0.121. The Labute approximate surface area is 186 Å². The van der Waals surface area contributed by atoms with Crippen LogP contribution >= 0.6 is 0 Å². The number of ether oxygens (including phenoxy) is 3. The molecule has 1 aliphatic rings. The number of benzene rings is 3. The predicted octanol–water partition coefficient (Wildman–Crippen LogP) is 3.95. The number of rotatable bonds is 7. The Balaban J connectivity index is 1.47. The van der Waals surface area contributed by atoms with Crippen LogP contribution in [-0.2, 0) is 16.1 Å². The number of aryl methyl sites for hydroxylation is 1. The van der Waals surface area contributed by atoms with Gasteiger partial charge in [-0.1, -0.05) is 42.0 Å². The number of para-hydroxylation sites is 2. The second-order valence-corrected chi connectivity index (χ2v) is 7.42. The van der Waals surface area contributed by atoms with Crippen LogP contribution in [0.3, 0.4) is 0 Å². The number of methoxy groups -OCH3 is 1. The Morgan fingerprint density at radius 1 is 1.06 bits per heavy atom. The minimum atomic E-state index is -0.330. The van der Waals surface area contributed by atoms with E-state index < -0.39 is 0 Å². The van der Waals surface area contributed by atoms with E-state index in [1.165, 1.54) is 0 Å². The van der Waals surface area contributed by atoms with Crippen molar-refractivity contribution in [3.05, 3.63) is 77.9 Å². The number of nitrogens with one attached hydrogen (secondary N) is 1. The predicted molar refractivity (Wildman–Crippen MR) is 121 cm³/mol. The molecule has 0 bridgehead atoms. The van der Waals surface area contributed by atoms with Crippen molar-refractivity contribution < 1.29 is 23.8 Å². The summed E-state index contributed by atoms with van der Waals surface area (Å²) < 4.78 is 16.4. The fourth-order valence-corrected chi connectivity index (χ4v) is 3.41. The van der Waals surface area contributed by atoms with Gasteiger partial charge in [-0.3, -0.25) is 9.59 Å². The number of hydrogen-bond acceptors (Lipinski definition) is 5. The van der Waals surface area contributed by atoms with Gasteiger partial charge < -0.3 is 24.4 Å². The Hall–Kier alpha value is -4.00. The van der Waals surface area contributed by atoms with E-state index in [4.69, 9.17) is 14.2 Å². The lowest BCUT2D eigenvalue weighted by atomic mass is 10.1. The second kappa shape index (κ2) is 9.43. The molecule has 7 nitrogen and oxygen atoms in total. The lowest BCUT2D eigenvalue weighted by Gasteiger charge is -2.30. The summed E-state index contributed by atoms with van der Waals surface area (Å²) in [5.74, 6) is 1.17. The molecule has 0 unspecified atom stereocenters. The molecule has 0 radical (unpaired) electrons. The summed E-state index contributed by atoms with van der Waals surface area (Å²) in [6.07, 6.45) is 0. The van der Waals surface area contributed by atoms with Crippen molar-refractivity contribution in [3.8, 4) is 17.2 Å². The van der Waals surface area contributed by atoms with Crippen molar-refractivity contribution in [1.82, 2.24) is 0 Å². The monoisotopic (exact) mass is 432 g/mol. The molecule has 0 saturated heterocycles. The zero-order chi connectivity index (χ0) is 22.5. The van der Waals surface area contributed by atoms with E-state index in [9.17, 15) is 9.59 Å². The summed E-state index contributed by atoms with van der Waals surface area (Å²) >= 11 is 0. The van der Waals surface area contributed by atoms with Crippen LogP contribution in [0.2, 0.25) is 0 Å². The molecule has 32 heavy (non-hydrogen) atoms.